The first-order valence-electron chi connectivity index (χ1n) is 5.33. The summed E-state index contributed by atoms with van der Waals surface area (Å²) in [6, 6.07) is 13.4. The first-order chi connectivity index (χ1) is 8.60. The lowest BCUT2D eigenvalue weighted by atomic mass is 10.1. The van der Waals surface area contributed by atoms with Crippen molar-refractivity contribution in [2.75, 3.05) is 5.32 Å². The summed E-state index contributed by atoms with van der Waals surface area (Å²) in [5.41, 5.74) is 3.40. The second-order valence-electron chi connectivity index (χ2n) is 3.91. The molecular weight excluding hydrogens is 312 g/mol. The summed E-state index contributed by atoms with van der Waals surface area (Å²) in [5.74, 6) is 0. The maximum Gasteiger partial charge on any atom is 0.101 e. The van der Waals surface area contributed by atoms with Crippen LogP contribution in [-0.4, -0.2) is 0 Å². The number of nitrogens with one attached hydrogen (secondary N) is 1. The molecule has 0 fully saturated rings. The van der Waals surface area contributed by atoms with Gasteiger partial charge in [-0.2, -0.15) is 5.26 Å². The molecule has 0 radical (unpaired) electrons. The summed E-state index contributed by atoms with van der Waals surface area (Å²) >= 11 is 9.31. The van der Waals surface area contributed by atoms with Crippen LogP contribution in [0, 0.1) is 18.3 Å². The number of nitrogens with zero attached hydrogens (tertiary/aromatic N) is 1. The molecule has 0 saturated carbocycles. The minimum atomic E-state index is 0.617. The molecule has 18 heavy (non-hydrogen) atoms. The van der Waals surface area contributed by atoms with Gasteiger partial charge in [-0.15, -0.1) is 0 Å². The van der Waals surface area contributed by atoms with Crippen LogP contribution in [0.15, 0.2) is 40.9 Å². The van der Waals surface area contributed by atoms with Gasteiger partial charge in [0.25, 0.3) is 0 Å². The molecule has 2 aromatic carbocycles. The van der Waals surface area contributed by atoms with E-state index in [1.54, 1.807) is 6.07 Å². The zero-order chi connectivity index (χ0) is 13.1. The third-order valence-electron chi connectivity index (χ3n) is 2.49. The molecule has 0 amide bonds. The zero-order valence-electron chi connectivity index (χ0n) is 9.67. The van der Waals surface area contributed by atoms with Crippen LogP contribution in [0.1, 0.15) is 11.1 Å². The molecule has 0 heterocycles. The van der Waals surface area contributed by atoms with Crippen LogP contribution in [0.4, 0.5) is 11.4 Å². The predicted molar refractivity (Wildman–Crippen MR) is 78.3 cm³/mol. The molecule has 0 atom stereocenters. The molecule has 0 saturated heterocycles. The van der Waals surface area contributed by atoms with Crippen LogP contribution in [0.5, 0.6) is 0 Å². The number of hydrogen-bond donors (Lipinski definition) is 1. The van der Waals surface area contributed by atoms with Gasteiger partial charge in [-0.25, -0.2) is 0 Å². The molecule has 2 rings (SSSR count). The van der Waals surface area contributed by atoms with E-state index in [9.17, 15) is 0 Å². The van der Waals surface area contributed by atoms with Gasteiger partial charge in [0, 0.05) is 10.2 Å². The zero-order valence-corrected chi connectivity index (χ0v) is 12.0. The third kappa shape index (κ3) is 2.84. The Kier molecular flexibility index (Phi) is 3.90. The van der Waals surface area contributed by atoms with Gasteiger partial charge in [-0.1, -0.05) is 17.7 Å². The van der Waals surface area contributed by atoms with Gasteiger partial charge in [-0.05, 0) is 58.7 Å². The van der Waals surface area contributed by atoms with Crippen molar-refractivity contribution >= 4 is 38.9 Å². The van der Waals surface area contributed by atoms with Crippen molar-refractivity contribution in [1.29, 1.82) is 5.26 Å². The van der Waals surface area contributed by atoms with E-state index in [0.717, 1.165) is 21.4 Å². The van der Waals surface area contributed by atoms with Crippen molar-refractivity contribution in [1.82, 2.24) is 0 Å². The number of anilines is 2. The Morgan fingerprint density at radius 3 is 2.67 bits per heavy atom. The van der Waals surface area contributed by atoms with E-state index in [2.05, 4.69) is 27.3 Å². The van der Waals surface area contributed by atoms with Crippen molar-refractivity contribution in [2.24, 2.45) is 0 Å². The Morgan fingerprint density at radius 1 is 1.22 bits per heavy atom. The SMILES string of the molecule is Cc1ccc(C#N)c(Nc2ccc(Cl)c(Br)c2)c1. The van der Waals surface area contributed by atoms with Gasteiger partial charge in [0.1, 0.15) is 6.07 Å². The molecule has 2 aromatic rings. The highest BCUT2D eigenvalue weighted by atomic mass is 79.9. The normalized spacial score (nSPS) is 9.89. The number of benzene rings is 2. The van der Waals surface area contributed by atoms with Crippen molar-refractivity contribution in [2.45, 2.75) is 6.92 Å². The van der Waals surface area contributed by atoms with Crippen LogP contribution in [0.25, 0.3) is 0 Å². The highest BCUT2D eigenvalue weighted by Gasteiger charge is 2.04. The summed E-state index contributed by atoms with van der Waals surface area (Å²) < 4.78 is 0.820. The topological polar surface area (TPSA) is 35.8 Å². The van der Waals surface area contributed by atoms with Crippen molar-refractivity contribution < 1.29 is 0 Å². The quantitative estimate of drug-likeness (QED) is 0.842. The van der Waals surface area contributed by atoms with Crippen molar-refractivity contribution in [3.8, 4) is 6.07 Å². The van der Waals surface area contributed by atoms with Crippen LogP contribution >= 0.6 is 27.5 Å². The fourth-order valence-corrected chi connectivity index (χ4v) is 2.08. The summed E-state index contributed by atoms with van der Waals surface area (Å²) in [6.07, 6.45) is 0. The summed E-state index contributed by atoms with van der Waals surface area (Å²) in [6.45, 7) is 1.99. The van der Waals surface area contributed by atoms with Crippen molar-refractivity contribution in [3.05, 3.63) is 57.0 Å². The fourth-order valence-electron chi connectivity index (χ4n) is 1.59. The second kappa shape index (κ2) is 5.43. The van der Waals surface area contributed by atoms with E-state index < -0.39 is 0 Å². The van der Waals surface area contributed by atoms with Gasteiger partial charge in [0.2, 0.25) is 0 Å². The smallest absolute Gasteiger partial charge is 0.101 e. The van der Waals surface area contributed by atoms with Crippen molar-refractivity contribution in [3.63, 3.8) is 0 Å². The number of nitriles is 1. The number of rotatable bonds is 2. The molecule has 0 aliphatic carbocycles. The van der Waals surface area contributed by atoms with Crippen LogP contribution in [0.2, 0.25) is 5.02 Å². The molecule has 0 spiro atoms. The Hall–Kier alpha value is -1.50. The maximum atomic E-state index is 9.07. The van der Waals surface area contributed by atoms with Gasteiger partial charge in [0.05, 0.1) is 16.3 Å². The van der Waals surface area contributed by atoms with E-state index in [1.165, 1.54) is 0 Å². The first-order valence-corrected chi connectivity index (χ1v) is 6.50. The molecule has 90 valence electrons. The summed E-state index contributed by atoms with van der Waals surface area (Å²) in [5, 5.41) is 12.9. The first kappa shape index (κ1) is 12.9. The van der Waals surface area contributed by atoms with Crippen LogP contribution < -0.4 is 5.32 Å². The average molecular weight is 322 g/mol. The standard InChI is InChI=1S/C14H10BrClN2/c1-9-2-3-10(8-17)14(6-9)18-11-4-5-13(16)12(15)7-11/h2-7,18H,1H3. The van der Waals surface area contributed by atoms with Gasteiger partial charge in [-0.3, -0.25) is 0 Å². The van der Waals surface area contributed by atoms with Crippen LogP contribution in [-0.2, 0) is 0 Å². The average Bonchev–Trinajstić information content (AvgIpc) is 2.34. The van der Waals surface area contributed by atoms with E-state index >= 15 is 0 Å². The minimum absolute atomic E-state index is 0.617. The molecule has 0 bridgehead atoms. The van der Waals surface area contributed by atoms with E-state index in [0.29, 0.717) is 10.6 Å². The van der Waals surface area contributed by atoms with E-state index in [-0.39, 0.29) is 0 Å². The molecular formula is C14H10BrClN2. The monoisotopic (exact) mass is 320 g/mol. The fraction of sp³-hybridized carbons (Fsp3) is 0.0714. The molecule has 0 aromatic heterocycles. The van der Waals surface area contributed by atoms with Gasteiger partial charge in [0.15, 0.2) is 0 Å². The third-order valence-corrected chi connectivity index (χ3v) is 3.71. The molecule has 2 nitrogen and oxygen atoms in total. The second-order valence-corrected chi connectivity index (χ2v) is 5.18. The molecule has 4 heteroatoms. The Bertz CT molecular complexity index is 632. The highest BCUT2D eigenvalue weighted by Crippen LogP contribution is 2.28. The summed E-state index contributed by atoms with van der Waals surface area (Å²) in [4.78, 5) is 0. The molecule has 0 aliphatic rings. The van der Waals surface area contributed by atoms with E-state index in [1.807, 2.05) is 37.3 Å². The van der Waals surface area contributed by atoms with E-state index in [4.69, 9.17) is 16.9 Å². The Labute approximate surface area is 119 Å². The summed E-state index contributed by atoms with van der Waals surface area (Å²) in [7, 11) is 0. The predicted octanol–water partition coefficient (Wildman–Crippen LogP) is 5.03. The number of aryl methyl sites for hydroxylation is 1. The lowest BCUT2D eigenvalue weighted by Crippen LogP contribution is -1.94. The van der Waals surface area contributed by atoms with Crippen LogP contribution in [0.3, 0.4) is 0 Å². The molecule has 0 unspecified atom stereocenters. The number of halogens is 2. The molecule has 1 N–H and O–H groups in total. The number of hydrogen-bond acceptors (Lipinski definition) is 2. The maximum absolute atomic E-state index is 9.07. The van der Waals surface area contributed by atoms with Gasteiger partial charge >= 0.3 is 0 Å². The molecule has 0 aliphatic heterocycles. The lowest BCUT2D eigenvalue weighted by molar-refractivity contribution is 1.41. The highest BCUT2D eigenvalue weighted by molar-refractivity contribution is 9.10. The largest absolute Gasteiger partial charge is 0.354 e. The van der Waals surface area contributed by atoms with Gasteiger partial charge < -0.3 is 5.32 Å². The lowest BCUT2D eigenvalue weighted by Gasteiger charge is -2.10. The Balaban J connectivity index is 2.36. The minimum Gasteiger partial charge on any atom is -0.354 e. The Morgan fingerprint density at radius 2 is 2.00 bits per heavy atom.